The topological polar surface area (TPSA) is 65.8 Å². The van der Waals surface area contributed by atoms with E-state index in [4.69, 9.17) is 14.2 Å². The van der Waals surface area contributed by atoms with Crippen LogP contribution in [0, 0.1) is 11.8 Å². The van der Waals surface area contributed by atoms with Crippen LogP contribution >= 0.6 is 11.3 Å². The molecule has 7 nitrogen and oxygen atoms in total. The number of hydrogen-bond donors (Lipinski definition) is 0. The van der Waals surface area contributed by atoms with Gasteiger partial charge in [0.25, 0.3) is 5.56 Å². The molecule has 0 aliphatic carbocycles. The third-order valence-electron chi connectivity index (χ3n) is 5.16. The van der Waals surface area contributed by atoms with Gasteiger partial charge in [0, 0.05) is 19.7 Å². The lowest BCUT2D eigenvalue weighted by molar-refractivity contribution is 0.230. The Morgan fingerprint density at radius 1 is 1.16 bits per heavy atom. The van der Waals surface area contributed by atoms with E-state index in [1.54, 1.807) is 20.3 Å². The first-order valence-corrected chi connectivity index (χ1v) is 11.0. The first-order valence-electron chi connectivity index (χ1n) is 10.2. The number of rotatable bonds is 7. The van der Waals surface area contributed by atoms with Gasteiger partial charge in [0.1, 0.15) is 24.2 Å². The number of fused-ring (bicyclic) bond motifs is 1. The fraction of sp³-hybridized carbons (Fsp3) is 0.391. The second-order valence-corrected chi connectivity index (χ2v) is 8.26. The number of aromatic nitrogens is 2. The predicted molar refractivity (Wildman–Crippen MR) is 122 cm³/mol. The van der Waals surface area contributed by atoms with Gasteiger partial charge in [-0.15, -0.1) is 11.3 Å². The minimum Gasteiger partial charge on any atom is -0.493 e. The highest BCUT2D eigenvalue weighted by atomic mass is 32.1. The SMILES string of the molecule is COCC#Cc1cc2ncn(-c3ccc(OCCN4CCCC4)c(OC)c3)c(=O)c2s1. The van der Waals surface area contributed by atoms with E-state index in [0.717, 1.165) is 24.5 Å². The largest absolute Gasteiger partial charge is 0.493 e. The lowest BCUT2D eigenvalue weighted by Crippen LogP contribution is -2.25. The average molecular weight is 440 g/mol. The molecule has 0 N–H and O–H groups in total. The lowest BCUT2D eigenvalue weighted by Gasteiger charge is -2.17. The van der Waals surface area contributed by atoms with Crippen molar-refractivity contribution in [1.82, 2.24) is 14.5 Å². The van der Waals surface area contributed by atoms with Gasteiger partial charge < -0.3 is 14.2 Å². The Morgan fingerprint density at radius 2 is 2.00 bits per heavy atom. The minimum atomic E-state index is -0.139. The predicted octanol–water partition coefficient (Wildman–Crippen LogP) is 2.93. The fourth-order valence-electron chi connectivity index (χ4n) is 3.57. The molecule has 0 spiro atoms. The van der Waals surface area contributed by atoms with Gasteiger partial charge in [0.15, 0.2) is 11.5 Å². The molecule has 0 atom stereocenters. The van der Waals surface area contributed by atoms with Crippen LogP contribution in [0.5, 0.6) is 11.5 Å². The van der Waals surface area contributed by atoms with Gasteiger partial charge in [0.2, 0.25) is 0 Å². The third-order valence-corrected chi connectivity index (χ3v) is 6.18. The van der Waals surface area contributed by atoms with Crippen molar-refractivity contribution in [2.24, 2.45) is 0 Å². The van der Waals surface area contributed by atoms with E-state index in [0.29, 0.717) is 40.6 Å². The Hall–Kier alpha value is -2.86. The molecule has 3 heterocycles. The van der Waals surface area contributed by atoms with Gasteiger partial charge in [0.05, 0.1) is 23.2 Å². The van der Waals surface area contributed by atoms with Crippen molar-refractivity contribution < 1.29 is 14.2 Å². The number of likely N-dealkylation sites (tertiary alicyclic amines) is 1. The molecule has 0 radical (unpaired) electrons. The van der Waals surface area contributed by atoms with E-state index in [-0.39, 0.29) is 5.56 Å². The van der Waals surface area contributed by atoms with Gasteiger partial charge >= 0.3 is 0 Å². The molecule has 1 aromatic carbocycles. The number of hydrogen-bond acceptors (Lipinski definition) is 7. The molecule has 4 rings (SSSR count). The minimum absolute atomic E-state index is 0.139. The lowest BCUT2D eigenvalue weighted by atomic mass is 10.2. The first-order chi connectivity index (χ1) is 15.2. The van der Waals surface area contributed by atoms with E-state index < -0.39 is 0 Å². The number of benzene rings is 1. The molecule has 0 amide bonds. The van der Waals surface area contributed by atoms with E-state index in [1.807, 2.05) is 18.2 Å². The van der Waals surface area contributed by atoms with E-state index >= 15 is 0 Å². The highest BCUT2D eigenvalue weighted by Crippen LogP contribution is 2.29. The van der Waals surface area contributed by atoms with Crippen molar-refractivity contribution in [3.63, 3.8) is 0 Å². The van der Waals surface area contributed by atoms with E-state index in [1.165, 1.54) is 35.1 Å². The van der Waals surface area contributed by atoms with Crippen LogP contribution < -0.4 is 15.0 Å². The smallest absolute Gasteiger partial charge is 0.275 e. The Balaban J connectivity index is 1.56. The molecule has 1 saturated heterocycles. The molecule has 8 heteroatoms. The molecule has 0 saturated carbocycles. The van der Waals surface area contributed by atoms with Crippen molar-refractivity contribution in [2.75, 3.05) is 47.1 Å². The third kappa shape index (κ3) is 4.90. The maximum Gasteiger partial charge on any atom is 0.275 e. The fourth-order valence-corrected chi connectivity index (χ4v) is 4.49. The molecule has 2 aromatic heterocycles. The van der Waals surface area contributed by atoms with Gasteiger partial charge in [-0.2, -0.15) is 0 Å². The Kier molecular flexibility index (Phi) is 6.87. The second-order valence-electron chi connectivity index (χ2n) is 7.21. The maximum absolute atomic E-state index is 13.1. The zero-order valence-electron chi connectivity index (χ0n) is 17.7. The van der Waals surface area contributed by atoms with Crippen LogP contribution in [0.15, 0.2) is 35.4 Å². The average Bonchev–Trinajstić information content (AvgIpc) is 3.45. The van der Waals surface area contributed by atoms with E-state index in [9.17, 15) is 4.79 Å². The second kappa shape index (κ2) is 9.96. The van der Waals surface area contributed by atoms with Gasteiger partial charge in [-0.1, -0.05) is 11.8 Å². The number of thiophene rings is 1. The molecular formula is C23H25N3O4S. The summed E-state index contributed by atoms with van der Waals surface area (Å²) in [4.78, 5) is 20.7. The molecule has 1 aliphatic heterocycles. The summed E-state index contributed by atoms with van der Waals surface area (Å²) in [5.41, 5.74) is 1.17. The molecule has 1 fully saturated rings. The van der Waals surface area contributed by atoms with Gasteiger partial charge in [-0.05, 0) is 44.1 Å². The molecule has 3 aromatic rings. The summed E-state index contributed by atoms with van der Waals surface area (Å²) in [7, 11) is 3.19. The van der Waals surface area contributed by atoms with Gasteiger partial charge in [-0.3, -0.25) is 14.3 Å². The molecule has 0 bridgehead atoms. The Labute approximate surface area is 185 Å². The van der Waals surface area contributed by atoms with Crippen LogP contribution in [0.4, 0.5) is 0 Å². The summed E-state index contributed by atoms with van der Waals surface area (Å²) in [6.45, 7) is 4.13. The highest BCUT2D eigenvalue weighted by Gasteiger charge is 2.14. The molecule has 162 valence electrons. The normalized spacial score (nSPS) is 13.9. The van der Waals surface area contributed by atoms with E-state index in [2.05, 4.69) is 21.7 Å². The van der Waals surface area contributed by atoms with Crippen LogP contribution in [0.2, 0.25) is 0 Å². The van der Waals surface area contributed by atoms with Crippen LogP contribution in [0.1, 0.15) is 17.7 Å². The van der Waals surface area contributed by atoms with Crippen LogP contribution in [0.3, 0.4) is 0 Å². The van der Waals surface area contributed by atoms with Crippen molar-refractivity contribution in [2.45, 2.75) is 12.8 Å². The summed E-state index contributed by atoms with van der Waals surface area (Å²) < 4.78 is 18.5. The number of nitrogens with zero attached hydrogens (tertiary/aromatic N) is 3. The Morgan fingerprint density at radius 3 is 2.77 bits per heavy atom. The monoisotopic (exact) mass is 439 g/mol. The molecule has 1 aliphatic rings. The van der Waals surface area contributed by atoms with Crippen molar-refractivity contribution in [3.05, 3.63) is 45.8 Å². The number of methoxy groups -OCH3 is 2. The van der Waals surface area contributed by atoms with Crippen molar-refractivity contribution in [3.8, 4) is 29.0 Å². The summed E-state index contributed by atoms with van der Waals surface area (Å²) in [6.07, 6.45) is 4.06. The molecular weight excluding hydrogens is 414 g/mol. The summed E-state index contributed by atoms with van der Waals surface area (Å²) in [5.74, 6) is 7.16. The number of ether oxygens (including phenoxy) is 3. The standard InChI is InChI=1S/C23H25N3O4S/c1-28-12-5-6-18-15-19-22(31-18)23(27)26(16-24-19)17-7-8-20(21(14-17)29-2)30-13-11-25-9-3-4-10-25/h7-8,14-16H,3-4,9-13H2,1-2H3. The summed E-state index contributed by atoms with van der Waals surface area (Å²) in [6, 6.07) is 7.31. The quantitative estimate of drug-likeness (QED) is 0.528. The maximum atomic E-state index is 13.1. The zero-order valence-corrected chi connectivity index (χ0v) is 18.5. The molecule has 0 unspecified atom stereocenters. The Bertz CT molecular complexity index is 1170. The summed E-state index contributed by atoms with van der Waals surface area (Å²) in [5, 5.41) is 0. The highest BCUT2D eigenvalue weighted by molar-refractivity contribution is 7.19. The van der Waals surface area contributed by atoms with Crippen LogP contribution in [-0.4, -0.2) is 61.5 Å². The van der Waals surface area contributed by atoms with Crippen molar-refractivity contribution >= 4 is 21.6 Å². The molecule has 31 heavy (non-hydrogen) atoms. The van der Waals surface area contributed by atoms with Gasteiger partial charge in [-0.25, -0.2) is 4.98 Å². The zero-order chi connectivity index (χ0) is 21.6. The van der Waals surface area contributed by atoms with Crippen LogP contribution in [-0.2, 0) is 4.74 Å². The van der Waals surface area contributed by atoms with Crippen LogP contribution in [0.25, 0.3) is 15.9 Å². The first kappa shape index (κ1) is 21.4. The van der Waals surface area contributed by atoms with Crippen molar-refractivity contribution in [1.29, 1.82) is 0 Å². The summed E-state index contributed by atoms with van der Waals surface area (Å²) >= 11 is 1.33.